The van der Waals surface area contributed by atoms with E-state index in [1.54, 1.807) is 14.1 Å². The van der Waals surface area contributed by atoms with Gasteiger partial charge in [0.25, 0.3) is 0 Å². The molecule has 0 saturated heterocycles. The summed E-state index contributed by atoms with van der Waals surface area (Å²) in [5, 5.41) is 0. The van der Waals surface area contributed by atoms with Crippen LogP contribution in [-0.2, 0) is 4.79 Å². The van der Waals surface area contributed by atoms with Gasteiger partial charge in [0, 0.05) is 14.1 Å². The molecule has 0 unspecified atom stereocenters. The van der Waals surface area contributed by atoms with E-state index in [-0.39, 0.29) is 5.48 Å². The Hall–Kier alpha value is -0.650. The summed E-state index contributed by atoms with van der Waals surface area (Å²) in [7, 11) is 3.38. The van der Waals surface area contributed by atoms with Crippen molar-refractivity contribution in [2.24, 2.45) is 11.7 Å². The van der Waals surface area contributed by atoms with Gasteiger partial charge in [0.1, 0.15) is 0 Å². The zero-order chi connectivity index (χ0) is 6.28. The van der Waals surface area contributed by atoms with Gasteiger partial charge in [-0.2, -0.15) is 0 Å². The maximum absolute atomic E-state index is 9.43. The molecule has 0 aliphatic heterocycles. The molecule has 1 amide bonds. The molecule has 52 valence electrons. The second kappa shape index (κ2) is 16.2. The Kier molecular flexibility index (Phi) is 31.7. The Labute approximate surface area is 48.5 Å². The molecule has 0 saturated carbocycles. The van der Waals surface area contributed by atoms with E-state index < -0.39 is 0 Å². The smallest absolute Gasteiger partial charge is 0.209 e. The van der Waals surface area contributed by atoms with E-state index in [4.69, 9.17) is 0 Å². The average molecular weight is 123 g/mol. The molecule has 5 nitrogen and oxygen atoms in total. The SMILES string of the molecule is CN(C)C=O.NN.O. The van der Waals surface area contributed by atoms with Crippen molar-refractivity contribution in [1.29, 1.82) is 0 Å². The summed E-state index contributed by atoms with van der Waals surface area (Å²) in [5.74, 6) is 8.00. The number of nitrogens with zero attached hydrogens (tertiary/aromatic N) is 1. The van der Waals surface area contributed by atoms with Crippen LogP contribution in [-0.4, -0.2) is 30.9 Å². The van der Waals surface area contributed by atoms with Crippen LogP contribution in [0.3, 0.4) is 0 Å². The normalized spacial score (nSPS) is 5.00. The van der Waals surface area contributed by atoms with Gasteiger partial charge in [-0.15, -0.1) is 0 Å². The maximum atomic E-state index is 9.43. The van der Waals surface area contributed by atoms with Gasteiger partial charge in [-0.1, -0.05) is 0 Å². The third-order valence-electron chi connectivity index (χ3n) is 0.211. The van der Waals surface area contributed by atoms with Gasteiger partial charge in [-0.3, -0.25) is 16.5 Å². The summed E-state index contributed by atoms with van der Waals surface area (Å²) in [6.45, 7) is 0. The Balaban J connectivity index is -0.0000000750. The summed E-state index contributed by atoms with van der Waals surface area (Å²) in [5.41, 5.74) is 0. The van der Waals surface area contributed by atoms with E-state index in [0.717, 1.165) is 6.41 Å². The molecular weight excluding hydrogens is 110 g/mol. The second-order valence-electron chi connectivity index (χ2n) is 1.07. The lowest BCUT2D eigenvalue weighted by Crippen LogP contribution is -2.06. The van der Waals surface area contributed by atoms with Crippen LogP contribution in [0, 0.1) is 0 Å². The minimum Gasteiger partial charge on any atom is -0.412 e. The summed E-state index contributed by atoms with van der Waals surface area (Å²) in [4.78, 5) is 10.9. The molecule has 0 aromatic carbocycles. The zero-order valence-electron chi connectivity index (χ0n) is 5.09. The largest absolute Gasteiger partial charge is 0.412 e. The van der Waals surface area contributed by atoms with Crippen molar-refractivity contribution in [1.82, 2.24) is 4.90 Å². The highest BCUT2D eigenvalue weighted by Gasteiger charge is 1.68. The van der Waals surface area contributed by atoms with E-state index in [2.05, 4.69) is 11.7 Å². The molecule has 0 fully saturated rings. The van der Waals surface area contributed by atoms with E-state index in [9.17, 15) is 4.79 Å². The molecule has 0 aliphatic rings. The number of hydrazine groups is 1. The van der Waals surface area contributed by atoms with Crippen molar-refractivity contribution in [3.63, 3.8) is 0 Å². The van der Waals surface area contributed by atoms with Gasteiger partial charge in [-0.25, -0.2) is 0 Å². The third kappa shape index (κ3) is 55.5. The first kappa shape index (κ1) is 15.7. The predicted molar refractivity (Wildman–Crippen MR) is 31.7 cm³/mol. The highest BCUT2D eigenvalue weighted by atomic mass is 16.1. The number of amides is 1. The minimum absolute atomic E-state index is 0. The number of carbonyl (C=O) groups excluding carboxylic acids is 1. The van der Waals surface area contributed by atoms with Crippen molar-refractivity contribution in [2.45, 2.75) is 0 Å². The van der Waals surface area contributed by atoms with Gasteiger partial charge < -0.3 is 10.4 Å². The van der Waals surface area contributed by atoms with E-state index in [0.29, 0.717) is 0 Å². The monoisotopic (exact) mass is 123 g/mol. The van der Waals surface area contributed by atoms with Crippen LogP contribution < -0.4 is 11.7 Å². The molecule has 0 heterocycles. The van der Waals surface area contributed by atoms with Crippen LogP contribution >= 0.6 is 0 Å². The first-order valence-electron chi connectivity index (χ1n) is 1.72. The molecule has 0 bridgehead atoms. The van der Waals surface area contributed by atoms with Gasteiger partial charge >= 0.3 is 0 Å². The highest BCUT2D eigenvalue weighted by Crippen LogP contribution is 1.52. The first-order valence-corrected chi connectivity index (χ1v) is 1.72. The van der Waals surface area contributed by atoms with Crippen molar-refractivity contribution in [2.75, 3.05) is 14.1 Å². The van der Waals surface area contributed by atoms with Crippen LogP contribution in [0.5, 0.6) is 0 Å². The molecule has 0 radical (unpaired) electrons. The van der Waals surface area contributed by atoms with Crippen molar-refractivity contribution < 1.29 is 10.3 Å². The van der Waals surface area contributed by atoms with E-state index in [1.165, 1.54) is 4.90 Å². The molecular formula is C3H13N3O2. The van der Waals surface area contributed by atoms with Crippen LogP contribution in [0.1, 0.15) is 0 Å². The minimum atomic E-state index is 0. The third-order valence-corrected chi connectivity index (χ3v) is 0.211. The van der Waals surface area contributed by atoms with Gasteiger partial charge in [0.15, 0.2) is 0 Å². The molecule has 0 aliphatic carbocycles. The lowest BCUT2D eigenvalue weighted by Gasteiger charge is -1.93. The van der Waals surface area contributed by atoms with E-state index >= 15 is 0 Å². The van der Waals surface area contributed by atoms with Gasteiger partial charge in [-0.05, 0) is 0 Å². The van der Waals surface area contributed by atoms with Gasteiger partial charge in [0.2, 0.25) is 6.41 Å². The number of carbonyl (C=O) groups is 1. The molecule has 0 aromatic rings. The Morgan fingerprint density at radius 3 is 1.50 bits per heavy atom. The quantitative estimate of drug-likeness (QED) is 0.233. The fourth-order valence-electron chi connectivity index (χ4n) is 0. The standard InChI is InChI=1S/C3H7NO.H4N2.H2O/c1-4(2)3-5;1-2;/h3H,1-2H3;1-2H2;1H2. The Bertz CT molecular complexity index is 39.5. The topological polar surface area (TPSA) is 104 Å². The van der Waals surface area contributed by atoms with Crippen molar-refractivity contribution in [3.8, 4) is 0 Å². The molecule has 6 N–H and O–H groups in total. The lowest BCUT2D eigenvalue weighted by molar-refractivity contribution is -0.115. The van der Waals surface area contributed by atoms with Gasteiger partial charge in [0.05, 0.1) is 0 Å². The van der Waals surface area contributed by atoms with Crippen LogP contribution in [0.4, 0.5) is 0 Å². The number of nitrogens with two attached hydrogens (primary N) is 2. The molecule has 5 heteroatoms. The lowest BCUT2D eigenvalue weighted by atomic mass is 11.0. The van der Waals surface area contributed by atoms with Crippen LogP contribution in [0.25, 0.3) is 0 Å². The molecule has 0 spiro atoms. The fraction of sp³-hybridized carbons (Fsp3) is 0.667. The predicted octanol–water partition coefficient (Wildman–Crippen LogP) is -2.30. The number of hydrogen-bond donors (Lipinski definition) is 2. The molecule has 0 aromatic heterocycles. The Morgan fingerprint density at radius 1 is 1.38 bits per heavy atom. The average Bonchev–Trinajstić information content (AvgIpc) is 1.73. The summed E-state index contributed by atoms with van der Waals surface area (Å²) in [6.07, 6.45) is 0.750. The Morgan fingerprint density at radius 2 is 1.50 bits per heavy atom. The first-order chi connectivity index (χ1) is 3.27. The summed E-state index contributed by atoms with van der Waals surface area (Å²) >= 11 is 0. The fourth-order valence-corrected chi connectivity index (χ4v) is 0. The highest BCUT2D eigenvalue weighted by molar-refractivity contribution is 5.45. The van der Waals surface area contributed by atoms with Crippen molar-refractivity contribution in [3.05, 3.63) is 0 Å². The summed E-state index contributed by atoms with van der Waals surface area (Å²) in [6, 6.07) is 0. The van der Waals surface area contributed by atoms with Crippen molar-refractivity contribution >= 4 is 6.41 Å². The van der Waals surface area contributed by atoms with Crippen LogP contribution in [0.15, 0.2) is 0 Å². The summed E-state index contributed by atoms with van der Waals surface area (Å²) < 4.78 is 0. The number of rotatable bonds is 1. The van der Waals surface area contributed by atoms with Crippen LogP contribution in [0.2, 0.25) is 0 Å². The molecule has 0 rings (SSSR count). The van der Waals surface area contributed by atoms with E-state index in [1.807, 2.05) is 0 Å². The molecule has 8 heavy (non-hydrogen) atoms. The zero-order valence-corrected chi connectivity index (χ0v) is 5.09. The maximum Gasteiger partial charge on any atom is 0.209 e. The number of hydrogen-bond acceptors (Lipinski definition) is 3. The second-order valence-corrected chi connectivity index (χ2v) is 1.07. The molecule has 0 atom stereocenters.